The first-order valence-electron chi connectivity index (χ1n) is 5.84. The summed E-state index contributed by atoms with van der Waals surface area (Å²) in [6.07, 6.45) is 1.15. The summed E-state index contributed by atoms with van der Waals surface area (Å²) in [5.74, 6) is -1.33. The van der Waals surface area contributed by atoms with Gasteiger partial charge in [-0.05, 0) is 30.5 Å². The Morgan fingerprint density at radius 1 is 1.17 bits per heavy atom. The summed E-state index contributed by atoms with van der Waals surface area (Å²) in [5.41, 5.74) is 0.655. The summed E-state index contributed by atoms with van der Waals surface area (Å²) in [6, 6.07) is 3.89. The Hall–Kier alpha value is -1.01. The minimum atomic E-state index is -2.86. The van der Waals surface area contributed by atoms with Crippen LogP contribution >= 0.6 is 0 Å². The highest BCUT2D eigenvalue weighted by molar-refractivity contribution is 7.91. The molecular formula is C12H15F2NO2S. The van der Waals surface area contributed by atoms with Gasteiger partial charge >= 0.3 is 0 Å². The molecule has 0 atom stereocenters. The Kier molecular flexibility index (Phi) is 3.97. The molecule has 1 aromatic carbocycles. The smallest absolute Gasteiger partial charge is 0.159 e. The van der Waals surface area contributed by atoms with Crippen molar-refractivity contribution >= 4 is 9.84 Å². The second-order valence-electron chi connectivity index (χ2n) is 4.56. The minimum Gasteiger partial charge on any atom is -0.310 e. The molecule has 18 heavy (non-hydrogen) atoms. The largest absolute Gasteiger partial charge is 0.310 e. The minimum absolute atomic E-state index is 0.127. The van der Waals surface area contributed by atoms with E-state index in [9.17, 15) is 17.2 Å². The van der Waals surface area contributed by atoms with Gasteiger partial charge in [-0.15, -0.1) is 0 Å². The molecule has 2 rings (SSSR count). The second kappa shape index (κ2) is 5.32. The third-order valence-corrected chi connectivity index (χ3v) is 4.85. The molecule has 6 heteroatoms. The van der Waals surface area contributed by atoms with Crippen LogP contribution in [0.1, 0.15) is 18.4 Å². The van der Waals surface area contributed by atoms with E-state index < -0.39 is 21.5 Å². The van der Waals surface area contributed by atoms with Gasteiger partial charge in [0.05, 0.1) is 11.5 Å². The highest BCUT2D eigenvalue weighted by atomic mass is 32.2. The lowest BCUT2D eigenvalue weighted by atomic mass is 10.1. The molecule has 100 valence electrons. The van der Waals surface area contributed by atoms with E-state index in [0.29, 0.717) is 24.9 Å². The van der Waals surface area contributed by atoms with E-state index in [2.05, 4.69) is 5.32 Å². The fourth-order valence-electron chi connectivity index (χ4n) is 2.01. The summed E-state index contributed by atoms with van der Waals surface area (Å²) in [5, 5.41) is 3.17. The maximum absolute atomic E-state index is 13.0. The Balaban J connectivity index is 1.87. The van der Waals surface area contributed by atoms with E-state index in [-0.39, 0.29) is 17.5 Å². The number of rotatable bonds is 3. The SMILES string of the molecule is O=S1(=O)CCC(NCc2ccc(F)c(F)c2)CC1. The first-order valence-corrected chi connectivity index (χ1v) is 7.66. The van der Waals surface area contributed by atoms with Crippen molar-refractivity contribution in [3.05, 3.63) is 35.4 Å². The van der Waals surface area contributed by atoms with Gasteiger partial charge < -0.3 is 5.32 Å². The van der Waals surface area contributed by atoms with Gasteiger partial charge in [0.15, 0.2) is 11.6 Å². The molecule has 1 aromatic rings. The van der Waals surface area contributed by atoms with Crippen LogP contribution in [0.4, 0.5) is 8.78 Å². The van der Waals surface area contributed by atoms with Crippen LogP contribution in [0.5, 0.6) is 0 Å². The van der Waals surface area contributed by atoms with Crippen molar-refractivity contribution in [2.45, 2.75) is 25.4 Å². The molecule has 0 radical (unpaired) electrons. The zero-order valence-electron chi connectivity index (χ0n) is 9.83. The molecule has 0 saturated carbocycles. The highest BCUT2D eigenvalue weighted by Gasteiger charge is 2.22. The third kappa shape index (κ3) is 3.49. The molecular weight excluding hydrogens is 260 g/mol. The summed E-state index contributed by atoms with van der Waals surface area (Å²) < 4.78 is 48.1. The van der Waals surface area contributed by atoms with Crippen LogP contribution in [-0.4, -0.2) is 26.0 Å². The van der Waals surface area contributed by atoms with Crippen molar-refractivity contribution in [2.24, 2.45) is 0 Å². The summed E-state index contributed by atoms with van der Waals surface area (Å²) in [7, 11) is -2.86. The van der Waals surface area contributed by atoms with Crippen LogP contribution in [0, 0.1) is 11.6 Å². The average molecular weight is 275 g/mol. The molecule has 3 nitrogen and oxygen atoms in total. The average Bonchev–Trinajstić information content (AvgIpc) is 2.32. The molecule has 1 fully saturated rings. The van der Waals surface area contributed by atoms with Gasteiger partial charge in [-0.25, -0.2) is 17.2 Å². The van der Waals surface area contributed by atoms with Crippen LogP contribution in [0.3, 0.4) is 0 Å². The van der Waals surface area contributed by atoms with E-state index in [1.54, 1.807) is 0 Å². The molecule has 1 aliphatic heterocycles. The van der Waals surface area contributed by atoms with Crippen molar-refractivity contribution in [1.82, 2.24) is 5.32 Å². The van der Waals surface area contributed by atoms with Gasteiger partial charge in [-0.1, -0.05) is 6.07 Å². The number of sulfone groups is 1. The van der Waals surface area contributed by atoms with Crippen LogP contribution in [0.15, 0.2) is 18.2 Å². The molecule has 0 unspecified atom stereocenters. The Labute approximate surface area is 105 Å². The maximum Gasteiger partial charge on any atom is 0.159 e. The predicted octanol–water partition coefficient (Wildman–Crippen LogP) is 1.63. The van der Waals surface area contributed by atoms with E-state index >= 15 is 0 Å². The molecule has 1 heterocycles. The van der Waals surface area contributed by atoms with Gasteiger partial charge in [0.25, 0.3) is 0 Å². The number of halogens is 2. The molecule has 1 aliphatic rings. The van der Waals surface area contributed by atoms with Crippen molar-refractivity contribution < 1.29 is 17.2 Å². The lowest BCUT2D eigenvalue weighted by molar-refractivity contribution is 0.460. The fourth-order valence-corrected chi connectivity index (χ4v) is 3.50. The molecule has 0 aromatic heterocycles. The first-order chi connectivity index (χ1) is 8.46. The van der Waals surface area contributed by atoms with E-state index in [1.165, 1.54) is 6.07 Å². The van der Waals surface area contributed by atoms with Crippen molar-refractivity contribution in [3.8, 4) is 0 Å². The maximum atomic E-state index is 13.0. The zero-order valence-corrected chi connectivity index (χ0v) is 10.6. The first kappa shape index (κ1) is 13.4. The Morgan fingerprint density at radius 3 is 2.44 bits per heavy atom. The molecule has 0 amide bonds. The fraction of sp³-hybridized carbons (Fsp3) is 0.500. The number of nitrogens with one attached hydrogen (secondary N) is 1. The Bertz CT molecular complexity index is 517. The summed E-state index contributed by atoms with van der Waals surface area (Å²) in [4.78, 5) is 0. The predicted molar refractivity (Wildman–Crippen MR) is 64.9 cm³/mol. The number of benzene rings is 1. The zero-order chi connectivity index (χ0) is 13.2. The summed E-state index contributed by atoms with van der Waals surface area (Å²) in [6.45, 7) is 0.419. The quantitative estimate of drug-likeness (QED) is 0.912. The number of hydrogen-bond donors (Lipinski definition) is 1. The summed E-state index contributed by atoms with van der Waals surface area (Å²) >= 11 is 0. The molecule has 0 aliphatic carbocycles. The van der Waals surface area contributed by atoms with Crippen molar-refractivity contribution in [3.63, 3.8) is 0 Å². The van der Waals surface area contributed by atoms with Gasteiger partial charge in [0.1, 0.15) is 9.84 Å². The lowest BCUT2D eigenvalue weighted by Crippen LogP contribution is -2.37. The van der Waals surface area contributed by atoms with Gasteiger partial charge in [0.2, 0.25) is 0 Å². The van der Waals surface area contributed by atoms with Crippen molar-refractivity contribution in [1.29, 1.82) is 0 Å². The normalized spacial score (nSPS) is 19.9. The van der Waals surface area contributed by atoms with E-state index in [4.69, 9.17) is 0 Å². The van der Waals surface area contributed by atoms with Crippen LogP contribution in [0.25, 0.3) is 0 Å². The monoisotopic (exact) mass is 275 g/mol. The Morgan fingerprint density at radius 2 is 1.83 bits per heavy atom. The highest BCUT2D eigenvalue weighted by Crippen LogP contribution is 2.14. The standard InChI is InChI=1S/C12H15F2NO2S/c13-11-2-1-9(7-12(11)14)8-15-10-3-5-18(16,17)6-4-10/h1-2,7,10,15H,3-6,8H2. The van der Waals surface area contributed by atoms with Crippen LogP contribution < -0.4 is 5.32 Å². The molecule has 0 bridgehead atoms. The van der Waals surface area contributed by atoms with Crippen LogP contribution in [-0.2, 0) is 16.4 Å². The van der Waals surface area contributed by atoms with Crippen molar-refractivity contribution in [2.75, 3.05) is 11.5 Å². The third-order valence-electron chi connectivity index (χ3n) is 3.13. The molecule has 0 spiro atoms. The van der Waals surface area contributed by atoms with E-state index in [0.717, 1.165) is 12.1 Å². The van der Waals surface area contributed by atoms with Gasteiger partial charge in [0, 0.05) is 12.6 Å². The lowest BCUT2D eigenvalue weighted by Gasteiger charge is -2.23. The number of hydrogen-bond acceptors (Lipinski definition) is 3. The van der Waals surface area contributed by atoms with Gasteiger partial charge in [-0.3, -0.25) is 0 Å². The topological polar surface area (TPSA) is 46.2 Å². The van der Waals surface area contributed by atoms with Crippen LogP contribution in [0.2, 0.25) is 0 Å². The second-order valence-corrected chi connectivity index (χ2v) is 6.86. The van der Waals surface area contributed by atoms with E-state index in [1.807, 2.05) is 0 Å². The molecule has 1 N–H and O–H groups in total. The van der Waals surface area contributed by atoms with Gasteiger partial charge in [-0.2, -0.15) is 0 Å². The molecule has 1 saturated heterocycles.